The number of aromatic nitrogens is 1. The topological polar surface area (TPSA) is 114 Å². The van der Waals surface area contributed by atoms with Gasteiger partial charge in [-0.1, -0.05) is 0 Å². The van der Waals surface area contributed by atoms with E-state index in [2.05, 4.69) is 15.7 Å². The number of nitrogens with zero attached hydrogens (tertiary/aromatic N) is 1. The molecule has 0 spiro atoms. The number of carbonyl (C=O) groups is 1. The molecule has 0 bridgehead atoms. The van der Waals surface area contributed by atoms with E-state index in [1.165, 1.54) is 12.4 Å². The van der Waals surface area contributed by atoms with Gasteiger partial charge < -0.3 is 10.7 Å². The number of sulfone groups is 1. The normalized spacial score (nSPS) is 18.8. The molecule has 0 unspecified atom stereocenters. The molecule has 2 rings (SSSR count). The number of pyridine rings is 1. The van der Waals surface area contributed by atoms with E-state index in [1.807, 2.05) is 0 Å². The number of amides is 1. The molecule has 1 amide bonds. The zero-order chi connectivity index (χ0) is 13.9. The van der Waals surface area contributed by atoms with Crippen LogP contribution in [0, 0.1) is 0 Å². The minimum absolute atomic E-state index is 0.116. The molecule has 2 heterocycles. The lowest BCUT2D eigenvalue weighted by molar-refractivity contribution is 0.0935. The number of rotatable bonds is 3. The molecule has 1 aliphatic heterocycles. The number of hydrogen-bond acceptors (Lipinski definition) is 6. The van der Waals surface area contributed by atoms with E-state index in [9.17, 15) is 13.2 Å². The van der Waals surface area contributed by atoms with Crippen molar-refractivity contribution < 1.29 is 13.2 Å². The maximum absolute atomic E-state index is 12.1. The molecule has 1 aromatic rings. The first kappa shape index (κ1) is 13.8. The third kappa shape index (κ3) is 3.42. The molecular formula is C11H16N4O3S. The molecule has 0 aliphatic carbocycles. The molecule has 4 N–H and O–H groups in total. The number of nitrogen functional groups attached to an aromatic ring is 1. The van der Waals surface area contributed by atoms with Crippen LogP contribution >= 0.6 is 0 Å². The Morgan fingerprint density at radius 1 is 1.37 bits per heavy atom. The van der Waals surface area contributed by atoms with Gasteiger partial charge in [0, 0.05) is 12.2 Å². The summed E-state index contributed by atoms with van der Waals surface area (Å²) in [5, 5.41) is 2.82. The molecule has 1 aromatic heterocycles. The number of anilines is 1. The predicted molar refractivity (Wildman–Crippen MR) is 71.2 cm³/mol. The lowest BCUT2D eigenvalue weighted by atomic mass is 10.1. The fourth-order valence-corrected chi connectivity index (χ4v) is 3.50. The SMILES string of the molecule is NNc1cnccc1C(=O)NC1CCS(=O)(=O)CC1. The van der Waals surface area contributed by atoms with Gasteiger partial charge in [0.05, 0.1) is 29.0 Å². The van der Waals surface area contributed by atoms with Crippen molar-refractivity contribution in [1.82, 2.24) is 10.3 Å². The number of hydrazine groups is 1. The standard InChI is InChI=1S/C11H16N4O3S/c12-15-10-7-13-4-1-9(10)11(16)14-8-2-5-19(17,18)6-3-8/h1,4,7-8,15H,2-3,5-6,12H2,(H,14,16). The van der Waals surface area contributed by atoms with Gasteiger partial charge in [-0.3, -0.25) is 15.6 Å². The number of nitrogens with one attached hydrogen (secondary N) is 2. The van der Waals surface area contributed by atoms with Crippen LogP contribution in [0.3, 0.4) is 0 Å². The van der Waals surface area contributed by atoms with E-state index >= 15 is 0 Å². The van der Waals surface area contributed by atoms with Crippen molar-refractivity contribution in [3.63, 3.8) is 0 Å². The highest BCUT2D eigenvalue weighted by atomic mass is 32.2. The first-order valence-electron chi connectivity index (χ1n) is 5.94. The van der Waals surface area contributed by atoms with Gasteiger partial charge in [-0.2, -0.15) is 0 Å². The van der Waals surface area contributed by atoms with Crippen LogP contribution in [0.1, 0.15) is 23.2 Å². The molecule has 104 valence electrons. The first-order valence-corrected chi connectivity index (χ1v) is 7.76. The van der Waals surface area contributed by atoms with Crippen molar-refractivity contribution in [3.05, 3.63) is 24.0 Å². The van der Waals surface area contributed by atoms with Gasteiger partial charge in [0.15, 0.2) is 0 Å². The highest BCUT2D eigenvalue weighted by molar-refractivity contribution is 7.91. The molecule has 0 saturated carbocycles. The van der Waals surface area contributed by atoms with E-state index in [-0.39, 0.29) is 23.5 Å². The highest BCUT2D eigenvalue weighted by Gasteiger charge is 2.25. The Bertz CT molecular complexity index is 559. The summed E-state index contributed by atoms with van der Waals surface area (Å²) in [5.74, 6) is 5.27. The molecule has 0 atom stereocenters. The Morgan fingerprint density at radius 2 is 2.05 bits per heavy atom. The molecule has 7 nitrogen and oxygen atoms in total. The Balaban J connectivity index is 2.02. The summed E-state index contributed by atoms with van der Waals surface area (Å²) in [4.78, 5) is 15.9. The summed E-state index contributed by atoms with van der Waals surface area (Å²) in [7, 11) is -2.92. The van der Waals surface area contributed by atoms with E-state index in [4.69, 9.17) is 5.84 Å². The van der Waals surface area contributed by atoms with Crippen molar-refractivity contribution in [2.24, 2.45) is 5.84 Å². The Kier molecular flexibility index (Phi) is 4.01. The van der Waals surface area contributed by atoms with Crippen LogP contribution in [0.15, 0.2) is 18.5 Å². The summed E-state index contributed by atoms with van der Waals surface area (Å²) in [6.45, 7) is 0. The molecule has 0 aromatic carbocycles. The summed E-state index contributed by atoms with van der Waals surface area (Å²) in [6, 6.07) is 1.44. The van der Waals surface area contributed by atoms with E-state index in [0.29, 0.717) is 24.1 Å². The third-order valence-corrected chi connectivity index (χ3v) is 4.83. The highest BCUT2D eigenvalue weighted by Crippen LogP contribution is 2.15. The molecular weight excluding hydrogens is 268 g/mol. The summed E-state index contributed by atoms with van der Waals surface area (Å²) >= 11 is 0. The van der Waals surface area contributed by atoms with Crippen LogP contribution in [-0.4, -0.2) is 36.9 Å². The average molecular weight is 284 g/mol. The minimum atomic E-state index is -2.92. The molecule has 1 saturated heterocycles. The Morgan fingerprint density at radius 3 is 2.68 bits per heavy atom. The molecule has 8 heteroatoms. The maximum Gasteiger partial charge on any atom is 0.253 e. The first-order chi connectivity index (χ1) is 9.02. The van der Waals surface area contributed by atoms with Gasteiger partial charge in [-0.05, 0) is 18.9 Å². The quantitative estimate of drug-likeness (QED) is 0.517. The Hall–Kier alpha value is -1.67. The van der Waals surface area contributed by atoms with E-state index < -0.39 is 9.84 Å². The fourth-order valence-electron chi connectivity index (χ4n) is 2.00. The number of nitrogens with two attached hydrogens (primary N) is 1. The summed E-state index contributed by atoms with van der Waals surface area (Å²) < 4.78 is 22.6. The lowest BCUT2D eigenvalue weighted by Gasteiger charge is -2.23. The zero-order valence-corrected chi connectivity index (χ0v) is 11.1. The smallest absolute Gasteiger partial charge is 0.253 e. The number of hydrogen-bond donors (Lipinski definition) is 3. The zero-order valence-electron chi connectivity index (χ0n) is 10.3. The van der Waals surface area contributed by atoms with Crippen LogP contribution in [0.5, 0.6) is 0 Å². The van der Waals surface area contributed by atoms with Crippen LogP contribution < -0.4 is 16.6 Å². The number of carbonyl (C=O) groups excluding carboxylic acids is 1. The van der Waals surface area contributed by atoms with Crippen LogP contribution in [0.25, 0.3) is 0 Å². The van der Waals surface area contributed by atoms with Crippen LogP contribution in [0.2, 0.25) is 0 Å². The molecule has 19 heavy (non-hydrogen) atoms. The van der Waals surface area contributed by atoms with Gasteiger partial charge in [0.25, 0.3) is 5.91 Å². The minimum Gasteiger partial charge on any atom is -0.349 e. The van der Waals surface area contributed by atoms with Gasteiger partial charge in [-0.25, -0.2) is 8.42 Å². The van der Waals surface area contributed by atoms with Crippen LogP contribution in [-0.2, 0) is 9.84 Å². The second-order valence-corrected chi connectivity index (χ2v) is 6.77. The fraction of sp³-hybridized carbons (Fsp3) is 0.455. The van der Waals surface area contributed by atoms with E-state index in [1.54, 1.807) is 6.07 Å². The maximum atomic E-state index is 12.1. The summed E-state index contributed by atoms with van der Waals surface area (Å²) in [5.41, 5.74) is 3.24. The van der Waals surface area contributed by atoms with Crippen LogP contribution in [0.4, 0.5) is 5.69 Å². The molecule has 0 radical (unpaired) electrons. The van der Waals surface area contributed by atoms with Crippen molar-refractivity contribution in [2.75, 3.05) is 16.9 Å². The van der Waals surface area contributed by atoms with Gasteiger partial charge in [0.2, 0.25) is 0 Å². The van der Waals surface area contributed by atoms with Crippen molar-refractivity contribution in [2.45, 2.75) is 18.9 Å². The molecule has 1 aliphatic rings. The largest absolute Gasteiger partial charge is 0.349 e. The van der Waals surface area contributed by atoms with Gasteiger partial charge in [-0.15, -0.1) is 0 Å². The van der Waals surface area contributed by atoms with Gasteiger partial charge in [0.1, 0.15) is 9.84 Å². The monoisotopic (exact) mass is 284 g/mol. The second-order valence-electron chi connectivity index (χ2n) is 4.47. The lowest BCUT2D eigenvalue weighted by Crippen LogP contribution is -2.41. The third-order valence-electron chi connectivity index (χ3n) is 3.11. The Labute approximate surface area is 111 Å². The predicted octanol–water partition coefficient (Wildman–Crippen LogP) is -0.326. The second kappa shape index (κ2) is 5.54. The van der Waals surface area contributed by atoms with Crippen molar-refractivity contribution in [1.29, 1.82) is 0 Å². The average Bonchev–Trinajstić information content (AvgIpc) is 2.41. The van der Waals surface area contributed by atoms with Crippen molar-refractivity contribution in [3.8, 4) is 0 Å². The van der Waals surface area contributed by atoms with Gasteiger partial charge >= 0.3 is 0 Å². The molecule has 1 fully saturated rings. The summed E-state index contributed by atoms with van der Waals surface area (Å²) in [6.07, 6.45) is 3.86. The van der Waals surface area contributed by atoms with E-state index in [0.717, 1.165) is 0 Å². The van der Waals surface area contributed by atoms with Crippen molar-refractivity contribution >= 4 is 21.4 Å².